The van der Waals surface area contributed by atoms with Gasteiger partial charge in [0.2, 0.25) is 5.95 Å². The molecule has 2 aromatic carbocycles. The number of nitrogens with zero attached hydrogens (tertiary/aromatic N) is 3. The van der Waals surface area contributed by atoms with Crippen LogP contribution in [0.15, 0.2) is 66.1 Å². The zero-order chi connectivity index (χ0) is 22.5. The number of carbonyl (C=O) groups is 1. The van der Waals surface area contributed by atoms with Crippen molar-refractivity contribution in [2.24, 2.45) is 0 Å². The first-order valence-electron chi connectivity index (χ1n) is 10.9. The predicted octanol–water partition coefficient (Wildman–Crippen LogP) is 4.80. The number of nitrogens with one attached hydrogen (secondary N) is 1. The number of rotatable bonds is 8. The van der Waals surface area contributed by atoms with E-state index in [9.17, 15) is 4.79 Å². The highest BCUT2D eigenvalue weighted by Gasteiger charge is 2.34. The second-order valence-electron chi connectivity index (χ2n) is 7.93. The molecule has 1 unspecified atom stereocenters. The summed E-state index contributed by atoms with van der Waals surface area (Å²) >= 11 is 0. The van der Waals surface area contributed by atoms with E-state index < -0.39 is 6.04 Å². The fourth-order valence-corrected chi connectivity index (χ4v) is 3.68. The molecule has 0 spiro atoms. The van der Waals surface area contributed by atoms with Gasteiger partial charge in [-0.05, 0) is 43.5 Å². The second-order valence-corrected chi connectivity index (χ2v) is 7.93. The van der Waals surface area contributed by atoms with Crippen LogP contribution in [-0.2, 0) is 16.1 Å². The van der Waals surface area contributed by atoms with E-state index in [4.69, 9.17) is 9.47 Å². The summed E-state index contributed by atoms with van der Waals surface area (Å²) in [5.74, 6) is 0.962. The molecule has 166 valence electrons. The SMILES string of the molecule is CCCCOC(=O)C1=C(C)Nc2ncnn2C1c1cccc(OCc2ccc(C)cc2)c1. The third-order valence-corrected chi connectivity index (χ3v) is 5.45. The molecule has 0 saturated heterocycles. The average Bonchev–Trinajstić information content (AvgIpc) is 3.26. The van der Waals surface area contributed by atoms with Crippen LogP contribution in [0.1, 0.15) is 49.4 Å². The average molecular weight is 433 g/mol. The monoisotopic (exact) mass is 432 g/mol. The molecule has 0 radical (unpaired) electrons. The van der Waals surface area contributed by atoms with E-state index >= 15 is 0 Å². The van der Waals surface area contributed by atoms with Gasteiger partial charge in [0.15, 0.2) is 0 Å². The molecule has 3 aromatic rings. The van der Waals surface area contributed by atoms with Crippen LogP contribution in [-0.4, -0.2) is 27.3 Å². The van der Waals surface area contributed by atoms with Gasteiger partial charge in [0.05, 0.1) is 12.2 Å². The number of unbranched alkanes of at least 4 members (excludes halogenated alkanes) is 1. The van der Waals surface area contributed by atoms with Crippen LogP contribution in [0.25, 0.3) is 0 Å². The number of ether oxygens (including phenoxy) is 2. The molecule has 32 heavy (non-hydrogen) atoms. The summed E-state index contributed by atoms with van der Waals surface area (Å²) in [5.41, 5.74) is 4.42. The maximum atomic E-state index is 13.0. The fraction of sp³-hybridized carbons (Fsp3) is 0.320. The summed E-state index contributed by atoms with van der Waals surface area (Å²) in [5, 5.41) is 7.53. The Hall–Kier alpha value is -3.61. The van der Waals surface area contributed by atoms with Crippen molar-refractivity contribution >= 4 is 11.9 Å². The molecule has 1 aliphatic rings. The van der Waals surface area contributed by atoms with Gasteiger partial charge in [-0.15, -0.1) is 0 Å². The second kappa shape index (κ2) is 9.68. The lowest BCUT2D eigenvalue weighted by molar-refractivity contribution is -0.139. The Bertz CT molecular complexity index is 1120. The Balaban J connectivity index is 1.61. The number of carbonyl (C=O) groups excluding carboxylic acids is 1. The first kappa shape index (κ1) is 21.6. The normalized spacial score (nSPS) is 15.2. The Morgan fingerprint density at radius 2 is 1.97 bits per heavy atom. The molecular formula is C25H28N4O3. The van der Waals surface area contributed by atoms with Crippen LogP contribution in [0.3, 0.4) is 0 Å². The van der Waals surface area contributed by atoms with E-state index in [0.29, 0.717) is 30.4 Å². The first-order chi connectivity index (χ1) is 15.6. The standard InChI is InChI=1S/C25H28N4O3/c1-4-5-13-31-24(30)22-18(3)28-25-26-16-27-29(25)23(22)20-7-6-8-21(14-20)32-15-19-11-9-17(2)10-12-19/h6-12,14,16,23H,4-5,13,15H2,1-3H3,(H,26,27,28). The smallest absolute Gasteiger partial charge is 0.338 e. The molecule has 1 aromatic heterocycles. The van der Waals surface area contributed by atoms with Gasteiger partial charge in [-0.25, -0.2) is 9.48 Å². The quantitative estimate of drug-likeness (QED) is 0.407. The number of hydrogen-bond acceptors (Lipinski definition) is 6. The van der Waals surface area contributed by atoms with E-state index in [2.05, 4.69) is 53.5 Å². The Labute approximate surface area is 188 Å². The van der Waals surface area contributed by atoms with Crippen molar-refractivity contribution in [3.63, 3.8) is 0 Å². The maximum Gasteiger partial charge on any atom is 0.338 e. The minimum atomic E-state index is -0.453. The van der Waals surface area contributed by atoms with Crippen molar-refractivity contribution in [2.45, 2.75) is 46.3 Å². The van der Waals surface area contributed by atoms with Gasteiger partial charge >= 0.3 is 5.97 Å². The lowest BCUT2D eigenvalue weighted by Crippen LogP contribution is -2.29. The molecule has 0 amide bonds. The molecule has 0 aliphatic carbocycles. The van der Waals surface area contributed by atoms with E-state index in [0.717, 1.165) is 29.7 Å². The summed E-state index contributed by atoms with van der Waals surface area (Å²) in [6, 6.07) is 15.6. The van der Waals surface area contributed by atoms with Crippen molar-refractivity contribution in [3.8, 4) is 5.75 Å². The van der Waals surface area contributed by atoms with Gasteiger partial charge < -0.3 is 14.8 Å². The molecule has 7 heteroatoms. The van der Waals surface area contributed by atoms with Crippen LogP contribution in [0.4, 0.5) is 5.95 Å². The van der Waals surface area contributed by atoms with Crippen LogP contribution in [0, 0.1) is 6.92 Å². The molecule has 1 atom stereocenters. The lowest BCUT2D eigenvalue weighted by atomic mass is 9.95. The molecule has 1 aliphatic heterocycles. The van der Waals surface area contributed by atoms with Gasteiger partial charge in [0, 0.05) is 5.70 Å². The molecule has 0 fully saturated rings. The maximum absolute atomic E-state index is 13.0. The minimum Gasteiger partial charge on any atom is -0.489 e. The van der Waals surface area contributed by atoms with Gasteiger partial charge in [0.1, 0.15) is 24.7 Å². The lowest BCUT2D eigenvalue weighted by Gasteiger charge is -2.28. The topological polar surface area (TPSA) is 78.3 Å². The van der Waals surface area contributed by atoms with E-state index in [-0.39, 0.29) is 5.97 Å². The van der Waals surface area contributed by atoms with E-state index in [1.165, 1.54) is 11.9 Å². The third kappa shape index (κ3) is 4.66. The zero-order valence-electron chi connectivity index (χ0n) is 18.7. The summed E-state index contributed by atoms with van der Waals surface area (Å²) in [7, 11) is 0. The highest BCUT2D eigenvalue weighted by molar-refractivity contribution is 5.92. The number of anilines is 1. The van der Waals surface area contributed by atoms with Gasteiger partial charge in [-0.3, -0.25) is 0 Å². The summed E-state index contributed by atoms with van der Waals surface area (Å²) in [6.07, 6.45) is 3.26. The molecular weight excluding hydrogens is 404 g/mol. The summed E-state index contributed by atoms with van der Waals surface area (Å²) in [6.45, 7) is 6.84. The number of esters is 1. The van der Waals surface area contributed by atoms with Crippen molar-refractivity contribution in [1.82, 2.24) is 14.8 Å². The number of hydrogen-bond donors (Lipinski definition) is 1. The zero-order valence-corrected chi connectivity index (χ0v) is 18.7. The fourth-order valence-electron chi connectivity index (χ4n) is 3.68. The van der Waals surface area contributed by atoms with Crippen molar-refractivity contribution in [1.29, 1.82) is 0 Å². The summed E-state index contributed by atoms with van der Waals surface area (Å²) < 4.78 is 13.3. The van der Waals surface area contributed by atoms with Gasteiger partial charge in [-0.1, -0.05) is 55.3 Å². The number of aryl methyl sites for hydroxylation is 1. The highest BCUT2D eigenvalue weighted by atomic mass is 16.5. The number of allylic oxidation sites excluding steroid dienone is 1. The van der Waals surface area contributed by atoms with Gasteiger partial charge in [-0.2, -0.15) is 10.1 Å². The van der Waals surface area contributed by atoms with Crippen LogP contribution in [0.2, 0.25) is 0 Å². The number of benzene rings is 2. The molecule has 4 rings (SSSR count). The minimum absolute atomic E-state index is 0.347. The number of aromatic nitrogens is 3. The summed E-state index contributed by atoms with van der Waals surface area (Å²) in [4.78, 5) is 17.3. The molecule has 0 saturated carbocycles. The molecule has 0 bridgehead atoms. The predicted molar refractivity (Wildman–Crippen MR) is 122 cm³/mol. The van der Waals surface area contributed by atoms with E-state index in [1.54, 1.807) is 4.68 Å². The largest absolute Gasteiger partial charge is 0.489 e. The van der Waals surface area contributed by atoms with Crippen LogP contribution < -0.4 is 10.1 Å². The highest BCUT2D eigenvalue weighted by Crippen LogP contribution is 2.36. The van der Waals surface area contributed by atoms with Crippen molar-refractivity contribution in [2.75, 3.05) is 11.9 Å². The molecule has 2 heterocycles. The van der Waals surface area contributed by atoms with Crippen LogP contribution >= 0.6 is 0 Å². The molecule has 1 N–H and O–H groups in total. The Kier molecular flexibility index (Phi) is 6.54. The Morgan fingerprint density at radius 1 is 1.16 bits per heavy atom. The third-order valence-electron chi connectivity index (χ3n) is 5.45. The van der Waals surface area contributed by atoms with Crippen LogP contribution in [0.5, 0.6) is 5.75 Å². The number of fused-ring (bicyclic) bond motifs is 1. The van der Waals surface area contributed by atoms with Gasteiger partial charge in [0.25, 0.3) is 0 Å². The first-order valence-corrected chi connectivity index (χ1v) is 10.9. The van der Waals surface area contributed by atoms with Crippen molar-refractivity contribution < 1.29 is 14.3 Å². The van der Waals surface area contributed by atoms with Crippen molar-refractivity contribution in [3.05, 3.63) is 82.8 Å². The Morgan fingerprint density at radius 3 is 2.75 bits per heavy atom. The molecule has 7 nitrogen and oxygen atoms in total. The van der Waals surface area contributed by atoms with E-state index in [1.807, 2.05) is 31.2 Å².